The Morgan fingerprint density at radius 1 is 1.04 bits per heavy atom. The molecule has 2 aromatic rings. The fourth-order valence-corrected chi connectivity index (χ4v) is 3.72. The Labute approximate surface area is 149 Å². The maximum Gasteiger partial charge on any atom is 0.225 e. The Hall–Kier alpha value is -1.98. The van der Waals surface area contributed by atoms with Gasteiger partial charge >= 0.3 is 0 Å². The minimum Gasteiger partial charge on any atom is -0.381 e. The quantitative estimate of drug-likeness (QED) is 0.857. The molecule has 5 nitrogen and oxygen atoms in total. The Morgan fingerprint density at radius 2 is 1.88 bits per heavy atom. The molecule has 1 aromatic carbocycles. The number of hydrogen-bond donors (Lipinski definition) is 0. The van der Waals surface area contributed by atoms with Gasteiger partial charge < -0.3 is 9.64 Å². The number of hydrogen-bond acceptors (Lipinski definition) is 5. The van der Waals surface area contributed by atoms with E-state index in [1.165, 1.54) is 19.4 Å². The topological polar surface area (TPSA) is 41.5 Å². The number of benzene rings is 1. The summed E-state index contributed by atoms with van der Waals surface area (Å²) in [6.07, 6.45) is 4.39. The number of rotatable bonds is 4. The van der Waals surface area contributed by atoms with Crippen LogP contribution in [-0.2, 0) is 4.74 Å². The standard InChI is InChI=1S/C20H26N4O/c1-2-6-18(7-3-1)19-8-9-21-20(22-19)24-12-10-23(11-13-24)15-17-5-4-14-25-16-17/h1-3,6-9,17H,4-5,10-16H2/t17-/m1/s1. The third-order valence-electron chi connectivity index (χ3n) is 5.14. The fourth-order valence-electron chi connectivity index (χ4n) is 3.72. The molecule has 0 bridgehead atoms. The van der Waals surface area contributed by atoms with Crippen molar-refractivity contribution >= 4 is 5.95 Å². The van der Waals surface area contributed by atoms with E-state index in [0.717, 1.165) is 56.6 Å². The largest absolute Gasteiger partial charge is 0.381 e. The van der Waals surface area contributed by atoms with Crippen molar-refractivity contribution in [1.82, 2.24) is 14.9 Å². The molecule has 0 N–H and O–H groups in total. The van der Waals surface area contributed by atoms with Gasteiger partial charge in [-0.3, -0.25) is 4.90 Å². The Morgan fingerprint density at radius 3 is 2.64 bits per heavy atom. The SMILES string of the molecule is c1ccc(-c2ccnc(N3CCN(C[C@H]4CCCOC4)CC3)n2)cc1. The molecule has 0 radical (unpaired) electrons. The summed E-state index contributed by atoms with van der Waals surface area (Å²) in [7, 11) is 0. The molecule has 2 fully saturated rings. The molecule has 25 heavy (non-hydrogen) atoms. The van der Waals surface area contributed by atoms with E-state index in [4.69, 9.17) is 9.72 Å². The minimum atomic E-state index is 0.706. The predicted octanol–water partition coefficient (Wildman–Crippen LogP) is 2.69. The second kappa shape index (κ2) is 7.93. The molecule has 4 rings (SSSR count). The second-order valence-corrected chi connectivity index (χ2v) is 6.98. The summed E-state index contributed by atoms with van der Waals surface area (Å²) in [6.45, 7) is 7.18. The summed E-state index contributed by atoms with van der Waals surface area (Å²) >= 11 is 0. The van der Waals surface area contributed by atoms with Crippen molar-refractivity contribution in [3.8, 4) is 11.3 Å². The summed E-state index contributed by atoms with van der Waals surface area (Å²) in [4.78, 5) is 14.2. The first-order valence-electron chi connectivity index (χ1n) is 9.32. The van der Waals surface area contributed by atoms with Gasteiger partial charge in [0, 0.05) is 51.1 Å². The summed E-state index contributed by atoms with van der Waals surface area (Å²) in [6, 6.07) is 12.3. The third-order valence-corrected chi connectivity index (χ3v) is 5.14. The monoisotopic (exact) mass is 338 g/mol. The molecular weight excluding hydrogens is 312 g/mol. The van der Waals surface area contributed by atoms with Crippen molar-refractivity contribution < 1.29 is 4.74 Å². The van der Waals surface area contributed by atoms with Crippen LogP contribution in [0.2, 0.25) is 0 Å². The zero-order valence-corrected chi connectivity index (χ0v) is 14.7. The van der Waals surface area contributed by atoms with Gasteiger partial charge in [-0.2, -0.15) is 0 Å². The maximum atomic E-state index is 5.61. The van der Waals surface area contributed by atoms with Crippen molar-refractivity contribution in [2.75, 3.05) is 50.8 Å². The highest BCUT2D eigenvalue weighted by atomic mass is 16.5. The van der Waals surface area contributed by atoms with E-state index in [2.05, 4.69) is 26.9 Å². The zero-order valence-electron chi connectivity index (χ0n) is 14.7. The average Bonchev–Trinajstić information content (AvgIpc) is 2.70. The van der Waals surface area contributed by atoms with E-state index in [0.29, 0.717) is 5.92 Å². The normalized spacial score (nSPS) is 22.1. The molecule has 5 heteroatoms. The predicted molar refractivity (Wildman–Crippen MR) is 99.7 cm³/mol. The lowest BCUT2D eigenvalue weighted by molar-refractivity contribution is 0.0376. The summed E-state index contributed by atoms with van der Waals surface area (Å²) < 4.78 is 5.61. The molecular formula is C20H26N4O. The summed E-state index contributed by atoms with van der Waals surface area (Å²) in [5.74, 6) is 1.56. The molecule has 0 unspecified atom stereocenters. The van der Waals surface area contributed by atoms with E-state index >= 15 is 0 Å². The van der Waals surface area contributed by atoms with Crippen molar-refractivity contribution in [2.24, 2.45) is 5.92 Å². The van der Waals surface area contributed by atoms with Gasteiger partial charge in [-0.05, 0) is 24.8 Å². The summed E-state index contributed by atoms with van der Waals surface area (Å²) in [5.41, 5.74) is 2.13. The lowest BCUT2D eigenvalue weighted by atomic mass is 10.0. The highest BCUT2D eigenvalue weighted by molar-refractivity contribution is 5.59. The maximum absolute atomic E-state index is 5.61. The molecule has 1 aromatic heterocycles. The first-order valence-corrected chi connectivity index (χ1v) is 9.32. The van der Waals surface area contributed by atoms with Gasteiger partial charge in [0.1, 0.15) is 0 Å². The van der Waals surface area contributed by atoms with Gasteiger partial charge in [0.2, 0.25) is 5.95 Å². The Bertz CT molecular complexity index is 664. The lowest BCUT2D eigenvalue weighted by Gasteiger charge is -2.37. The van der Waals surface area contributed by atoms with Crippen LogP contribution < -0.4 is 4.90 Å². The van der Waals surface area contributed by atoms with Gasteiger partial charge in [-0.15, -0.1) is 0 Å². The number of ether oxygens (including phenoxy) is 1. The van der Waals surface area contributed by atoms with Gasteiger partial charge in [-0.25, -0.2) is 9.97 Å². The average molecular weight is 338 g/mol. The molecule has 1 atom stereocenters. The zero-order chi connectivity index (χ0) is 16.9. The first-order chi connectivity index (χ1) is 12.4. The Balaban J connectivity index is 1.36. The van der Waals surface area contributed by atoms with Gasteiger partial charge in [-0.1, -0.05) is 30.3 Å². The van der Waals surface area contributed by atoms with Crippen molar-refractivity contribution in [3.63, 3.8) is 0 Å². The van der Waals surface area contributed by atoms with E-state index in [9.17, 15) is 0 Å². The molecule has 0 spiro atoms. The molecule has 0 amide bonds. The number of aromatic nitrogens is 2. The number of anilines is 1. The van der Waals surface area contributed by atoms with Gasteiger partial charge in [0.05, 0.1) is 12.3 Å². The number of piperazine rings is 1. The first kappa shape index (κ1) is 16.5. The molecule has 2 aliphatic rings. The third kappa shape index (κ3) is 4.17. The van der Waals surface area contributed by atoms with Crippen molar-refractivity contribution in [1.29, 1.82) is 0 Å². The lowest BCUT2D eigenvalue weighted by Crippen LogP contribution is -2.49. The highest BCUT2D eigenvalue weighted by Gasteiger charge is 2.23. The van der Waals surface area contributed by atoms with Crippen LogP contribution in [0.5, 0.6) is 0 Å². The van der Waals surface area contributed by atoms with E-state index in [1.54, 1.807) is 0 Å². The van der Waals surface area contributed by atoms with Crippen LogP contribution in [0, 0.1) is 5.92 Å². The van der Waals surface area contributed by atoms with Crippen LogP contribution >= 0.6 is 0 Å². The Kier molecular flexibility index (Phi) is 5.23. The number of nitrogens with zero attached hydrogens (tertiary/aromatic N) is 4. The fraction of sp³-hybridized carbons (Fsp3) is 0.500. The van der Waals surface area contributed by atoms with Crippen LogP contribution in [0.1, 0.15) is 12.8 Å². The van der Waals surface area contributed by atoms with E-state index < -0.39 is 0 Å². The van der Waals surface area contributed by atoms with Crippen LogP contribution in [0.4, 0.5) is 5.95 Å². The van der Waals surface area contributed by atoms with Crippen LogP contribution in [0.3, 0.4) is 0 Å². The van der Waals surface area contributed by atoms with Crippen LogP contribution in [0.25, 0.3) is 11.3 Å². The highest BCUT2D eigenvalue weighted by Crippen LogP contribution is 2.20. The van der Waals surface area contributed by atoms with Gasteiger partial charge in [0.25, 0.3) is 0 Å². The molecule has 2 aliphatic heterocycles. The van der Waals surface area contributed by atoms with Crippen LogP contribution in [-0.4, -0.2) is 60.8 Å². The molecule has 0 aliphatic carbocycles. The molecule has 0 saturated carbocycles. The molecule has 2 saturated heterocycles. The van der Waals surface area contributed by atoms with Crippen molar-refractivity contribution in [3.05, 3.63) is 42.6 Å². The molecule has 132 valence electrons. The molecule has 3 heterocycles. The van der Waals surface area contributed by atoms with Gasteiger partial charge in [0.15, 0.2) is 0 Å². The van der Waals surface area contributed by atoms with Crippen molar-refractivity contribution in [2.45, 2.75) is 12.8 Å². The summed E-state index contributed by atoms with van der Waals surface area (Å²) in [5, 5.41) is 0. The minimum absolute atomic E-state index is 0.706. The van der Waals surface area contributed by atoms with Crippen LogP contribution in [0.15, 0.2) is 42.6 Å². The smallest absolute Gasteiger partial charge is 0.225 e. The van der Waals surface area contributed by atoms with E-state index in [-0.39, 0.29) is 0 Å². The second-order valence-electron chi connectivity index (χ2n) is 6.98. The van der Waals surface area contributed by atoms with E-state index in [1.807, 2.05) is 30.5 Å².